The molecular formula is C13H8Cl2F3NO. The molecular weight excluding hydrogens is 314 g/mol. The lowest BCUT2D eigenvalue weighted by atomic mass is 10.0. The molecule has 0 radical (unpaired) electrons. The summed E-state index contributed by atoms with van der Waals surface area (Å²) in [5.74, 6) is 0. The second-order valence-corrected chi connectivity index (χ2v) is 4.12. The fraction of sp³-hybridized carbons (Fsp3) is 0.0769. The molecule has 0 saturated heterocycles. The lowest BCUT2D eigenvalue weighted by Crippen LogP contribution is -2.11. The number of halogens is 5. The Morgan fingerprint density at radius 3 is 2.35 bits per heavy atom. The second-order valence-electron chi connectivity index (χ2n) is 3.77. The maximum atomic E-state index is 12.9. The van der Waals surface area contributed by atoms with Crippen LogP contribution in [0.4, 0.5) is 13.2 Å². The normalized spacial score (nSPS) is 10.8. The molecule has 0 aliphatic heterocycles. The van der Waals surface area contributed by atoms with Crippen LogP contribution in [0, 0.1) is 0 Å². The highest BCUT2D eigenvalue weighted by atomic mass is 35.5. The molecule has 0 unspecified atom stereocenters. The molecule has 0 aliphatic rings. The van der Waals surface area contributed by atoms with Gasteiger partial charge in [-0.3, -0.25) is 9.78 Å². The number of carbonyl (C=O) groups excluding carboxylic acids is 1. The summed E-state index contributed by atoms with van der Waals surface area (Å²) >= 11 is 5.16. The molecule has 0 N–H and O–H groups in total. The molecule has 0 atom stereocenters. The Balaban J connectivity index is 0.00000200. The second kappa shape index (κ2) is 6.24. The highest BCUT2D eigenvalue weighted by Gasteiger charge is 2.35. The average Bonchev–Trinajstić information content (AvgIpc) is 2.38. The zero-order valence-electron chi connectivity index (χ0n) is 9.82. The minimum Gasteiger partial charge on any atom is -0.276 e. The predicted molar refractivity (Wildman–Crippen MR) is 72.1 cm³/mol. The molecule has 1 heterocycles. The summed E-state index contributed by atoms with van der Waals surface area (Å²) in [5.41, 5.74) is -0.751. The molecule has 0 spiro atoms. The molecule has 106 valence electrons. The lowest BCUT2D eigenvalue weighted by Gasteiger charge is -2.12. The molecule has 0 saturated carbocycles. The zero-order valence-corrected chi connectivity index (χ0v) is 11.4. The number of carbonyl (C=O) groups is 1. The monoisotopic (exact) mass is 321 g/mol. The summed E-state index contributed by atoms with van der Waals surface area (Å²) in [6, 6.07) is 6.61. The Hall–Kier alpha value is -1.59. The van der Waals surface area contributed by atoms with Crippen LogP contribution >= 0.6 is 24.0 Å². The summed E-state index contributed by atoms with van der Waals surface area (Å²) in [6.07, 6.45) is -1.68. The van der Waals surface area contributed by atoms with Gasteiger partial charge in [-0.15, -0.1) is 12.4 Å². The summed E-state index contributed by atoms with van der Waals surface area (Å²) in [7, 11) is 0. The van der Waals surface area contributed by atoms with Gasteiger partial charge in [-0.1, -0.05) is 12.1 Å². The van der Waals surface area contributed by atoms with E-state index in [-0.39, 0.29) is 12.4 Å². The highest BCUT2D eigenvalue weighted by molar-refractivity contribution is 6.67. The third kappa shape index (κ3) is 3.49. The zero-order chi connectivity index (χ0) is 14.0. The van der Waals surface area contributed by atoms with E-state index >= 15 is 0 Å². The fourth-order valence-electron chi connectivity index (χ4n) is 1.66. The molecule has 1 aromatic heterocycles. The maximum Gasteiger partial charge on any atom is 0.417 e. The van der Waals surface area contributed by atoms with Crippen LogP contribution in [0.3, 0.4) is 0 Å². The van der Waals surface area contributed by atoms with Crippen molar-refractivity contribution in [2.24, 2.45) is 0 Å². The van der Waals surface area contributed by atoms with E-state index in [1.54, 1.807) is 12.1 Å². The van der Waals surface area contributed by atoms with Crippen molar-refractivity contribution < 1.29 is 18.0 Å². The molecule has 0 fully saturated rings. The predicted octanol–water partition coefficient (Wildman–Crippen LogP) is 4.57. The Bertz CT molecular complexity index is 615. The maximum absolute atomic E-state index is 12.9. The van der Waals surface area contributed by atoms with Crippen molar-refractivity contribution in [3.63, 3.8) is 0 Å². The minimum absolute atomic E-state index is 0. The first-order valence-electron chi connectivity index (χ1n) is 5.21. The van der Waals surface area contributed by atoms with Crippen LogP contribution < -0.4 is 0 Å². The lowest BCUT2D eigenvalue weighted by molar-refractivity contribution is -0.137. The van der Waals surface area contributed by atoms with Gasteiger partial charge in [-0.05, 0) is 35.4 Å². The number of hydrogen-bond acceptors (Lipinski definition) is 2. The Morgan fingerprint density at radius 2 is 1.85 bits per heavy atom. The molecule has 7 heteroatoms. The molecule has 0 bridgehead atoms. The van der Waals surface area contributed by atoms with Gasteiger partial charge in [-0.2, -0.15) is 13.2 Å². The van der Waals surface area contributed by atoms with E-state index in [2.05, 4.69) is 4.98 Å². The summed E-state index contributed by atoms with van der Waals surface area (Å²) in [6.45, 7) is 0. The van der Waals surface area contributed by atoms with Crippen LogP contribution in [0.5, 0.6) is 0 Å². The SMILES string of the molecule is Cl.O=C(Cl)c1ccc(-c2cccnc2)cc1C(F)(F)F. The third-order valence-electron chi connectivity index (χ3n) is 2.53. The first kappa shape index (κ1) is 16.5. The standard InChI is InChI=1S/C13H7ClF3NO.ClH/c14-12(19)10-4-3-8(6-11(10)13(15,16)17)9-2-1-5-18-7-9;/h1-7H;1H. The average molecular weight is 322 g/mol. The van der Waals surface area contributed by atoms with Crippen LogP contribution in [0.2, 0.25) is 0 Å². The quantitative estimate of drug-likeness (QED) is 0.758. The van der Waals surface area contributed by atoms with Gasteiger partial charge in [0.1, 0.15) is 0 Å². The number of hydrogen-bond donors (Lipinski definition) is 0. The Labute approximate surface area is 124 Å². The van der Waals surface area contributed by atoms with Gasteiger partial charge in [0, 0.05) is 23.5 Å². The Morgan fingerprint density at radius 1 is 1.15 bits per heavy atom. The number of pyridine rings is 1. The van der Waals surface area contributed by atoms with Crippen molar-refractivity contribution in [3.05, 3.63) is 53.9 Å². The van der Waals surface area contributed by atoms with E-state index < -0.39 is 22.5 Å². The van der Waals surface area contributed by atoms with Crippen LogP contribution in [-0.2, 0) is 6.18 Å². The van der Waals surface area contributed by atoms with Gasteiger partial charge >= 0.3 is 6.18 Å². The van der Waals surface area contributed by atoms with E-state index in [0.29, 0.717) is 11.1 Å². The Kier molecular flexibility index (Phi) is 5.14. The first-order valence-corrected chi connectivity index (χ1v) is 5.59. The van der Waals surface area contributed by atoms with E-state index in [9.17, 15) is 18.0 Å². The molecule has 0 aliphatic carbocycles. The van der Waals surface area contributed by atoms with E-state index in [1.807, 2.05) is 0 Å². The number of nitrogens with zero attached hydrogens (tertiary/aromatic N) is 1. The van der Waals surface area contributed by atoms with Crippen LogP contribution in [0.15, 0.2) is 42.7 Å². The van der Waals surface area contributed by atoms with Crippen molar-refractivity contribution >= 4 is 29.3 Å². The molecule has 1 aromatic carbocycles. The number of aromatic nitrogens is 1. The molecule has 2 nitrogen and oxygen atoms in total. The smallest absolute Gasteiger partial charge is 0.276 e. The number of alkyl halides is 3. The van der Waals surface area contributed by atoms with E-state index in [4.69, 9.17) is 11.6 Å². The number of benzene rings is 1. The van der Waals surface area contributed by atoms with E-state index in [1.165, 1.54) is 18.5 Å². The van der Waals surface area contributed by atoms with Crippen molar-refractivity contribution in [1.29, 1.82) is 0 Å². The largest absolute Gasteiger partial charge is 0.417 e. The fourth-order valence-corrected chi connectivity index (χ4v) is 1.83. The van der Waals surface area contributed by atoms with Gasteiger partial charge in [0.2, 0.25) is 0 Å². The van der Waals surface area contributed by atoms with E-state index in [0.717, 1.165) is 12.1 Å². The minimum atomic E-state index is -4.64. The van der Waals surface area contributed by atoms with Crippen LogP contribution in [0.25, 0.3) is 11.1 Å². The highest BCUT2D eigenvalue weighted by Crippen LogP contribution is 2.35. The van der Waals surface area contributed by atoms with Gasteiger partial charge < -0.3 is 0 Å². The van der Waals surface area contributed by atoms with Crippen molar-refractivity contribution in [3.8, 4) is 11.1 Å². The molecule has 0 amide bonds. The van der Waals surface area contributed by atoms with Gasteiger partial charge in [0.25, 0.3) is 5.24 Å². The number of rotatable bonds is 2. The summed E-state index contributed by atoms with van der Waals surface area (Å²) in [5, 5.41) is -1.13. The molecule has 2 rings (SSSR count). The van der Waals surface area contributed by atoms with Crippen molar-refractivity contribution in [2.75, 3.05) is 0 Å². The third-order valence-corrected chi connectivity index (χ3v) is 2.74. The molecule has 20 heavy (non-hydrogen) atoms. The van der Waals surface area contributed by atoms with Crippen LogP contribution in [0.1, 0.15) is 15.9 Å². The van der Waals surface area contributed by atoms with Gasteiger partial charge in [0.15, 0.2) is 0 Å². The first-order chi connectivity index (χ1) is 8.89. The topological polar surface area (TPSA) is 30.0 Å². The van der Waals surface area contributed by atoms with Crippen molar-refractivity contribution in [2.45, 2.75) is 6.18 Å². The van der Waals surface area contributed by atoms with Crippen LogP contribution in [-0.4, -0.2) is 10.2 Å². The summed E-state index contributed by atoms with van der Waals surface area (Å²) in [4.78, 5) is 14.8. The molecule has 2 aromatic rings. The van der Waals surface area contributed by atoms with Gasteiger partial charge in [-0.25, -0.2) is 0 Å². The van der Waals surface area contributed by atoms with Gasteiger partial charge in [0.05, 0.1) is 5.56 Å². The summed E-state index contributed by atoms with van der Waals surface area (Å²) < 4.78 is 38.6. The van der Waals surface area contributed by atoms with Crippen molar-refractivity contribution in [1.82, 2.24) is 4.98 Å².